The number of benzene rings is 2. The van der Waals surface area contributed by atoms with E-state index in [0.717, 1.165) is 47.5 Å². The summed E-state index contributed by atoms with van der Waals surface area (Å²) < 4.78 is 12.9. The summed E-state index contributed by atoms with van der Waals surface area (Å²) in [5.41, 5.74) is 6.27. The first-order valence-corrected chi connectivity index (χ1v) is 12.6. The lowest BCUT2D eigenvalue weighted by Gasteiger charge is -2.13. The molecule has 37 heavy (non-hydrogen) atoms. The first-order chi connectivity index (χ1) is 18.0. The Balaban J connectivity index is 1.42. The lowest BCUT2D eigenvalue weighted by Crippen LogP contribution is -2.24. The summed E-state index contributed by atoms with van der Waals surface area (Å²) >= 11 is 0. The van der Waals surface area contributed by atoms with Crippen molar-refractivity contribution in [1.82, 2.24) is 25.3 Å². The van der Waals surface area contributed by atoms with Crippen LogP contribution in [0.15, 0.2) is 64.6 Å². The van der Waals surface area contributed by atoms with Crippen molar-refractivity contribution in [1.29, 1.82) is 0 Å². The normalized spacial score (nSPS) is 13.3. The van der Waals surface area contributed by atoms with Gasteiger partial charge in [0.05, 0.1) is 18.5 Å². The number of ether oxygens (including phenoxy) is 1. The van der Waals surface area contributed by atoms with Gasteiger partial charge in [0.25, 0.3) is 11.8 Å². The Labute approximate surface area is 216 Å². The van der Waals surface area contributed by atoms with Gasteiger partial charge in [0.15, 0.2) is 5.69 Å². The molecule has 8 heteroatoms. The monoisotopic (exact) mass is 497 g/mol. The summed E-state index contributed by atoms with van der Waals surface area (Å²) in [5, 5.41) is 16.0. The number of carbonyl (C=O) groups is 1. The van der Waals surface area contributed by atoms with Crippen molar-refractivity contribution in [3.05, 3.63) is 77.2 Å². The minimum atomic E-state index is -0.0722. The first kappa shape index (κ1) is 24.5. The molecule has 0 saturated carbocycles. The fourth-order valence-electron chi connectivity index (χ4n) is 4.69. The Hall–Kier alpha value is -4.20. The minimum absolute atomic E-state index is 0.0722. The van der Waals surface area contributed by atoms with Crippen molar-refractivity contribution in [3.63, 3.8) is 0 Å². The van der Waals surface area contributed by atoms with Gasteiger partial charge >= 0.3 is 0 Å². The summed E-state index contributed by atoms with van der Waals surface area (Å²) in [5.74, 6) is 1.55. The highest BCUT2D eigenvalue weighted by Gasteiger charge is 2.22. The fourth-order valence-corrected chi connectivity index (χ4v) is 4.69. The van der Waals surface area contributed by atoms with Gasteiger partial charge in [-0.15, -0.1) is 10.2 Å². The quantitative estimate of drug-likeness (QED) is 0.308. The van der Waals surface area contributed by atoms with Crippen LogP contribution in [0.3, 0.4) is 0 Å². The van der Waals surface area contributed by atoms with E-state index in [9.17, 15) is 4.79 Å². The smallest absolute Gasteiger partial charge is 0.268 e. The van der Waals surface area contributed by atoms with Gasteiger partial charge in [-0.3, -0.25) is 4.79 Å². The molecular formula is C29H31N5O3. The third kappa shape index (κ3) is 5.33. The molecule has 5 rings (SSSR count). The molecule has 0 atom stereocenters. The van der Waals surface area contributed by atoms with Crippen LogP contribution in [0.4, 0.5) is 0 Å². The molecule has 0 unspecified atom stereocenters. The molecule has 0 aliphatic heterocycles. The van der Waals surface area contributed by atoms with Gasteiger partial charge in [0, 0.05) is 30.2 Å². The number of aryl methyl sites for hydroxylation is 1. The molecule has 190 valence electrons. The maximum atomic E-state index is 12.7. The minimum Gasteiger partial charge on any atom is -0.497 e. The fraction of sp³-hybridized carbons (Fsp3) is 0.310. The number of hydrogen-bond acceptors (Lipinski definition) is 6. The second-order valence-electron chi connectivity index (χ2n) is 9.25. The number of amides is 1. The highest BCUT2D eigenvalue weighted by Crippen LogP contribution is 2.34. The van der Waals surface area contributed by atoms with Gasteiger partial charge in [0.1, 0.15) is 5.75 Å². The lowest BCUT2D eigenvalue weighted by atomic mass is 9.97. The van der Waals surface area contributed by atoms with E-state index < -0.39 is 0 Å². The first-order valence-electron chi connectivity index (χ1n) is 12.6. The molecule has 1 aliphatic rings. The number of nitrogens with one attached hydrogen (secondary N) is 1. The predicted molar refractivity (Wildman–Crippen MR) is 142 cm³/mol. The highest BCUT2D eigenvalue weighted by atomic mass is 16.5. The lowest BCUT2D eigenvalue weighted by molar-refractivity contribution is 0.0954. The zero-order chi connectivity index (χ0) is 25.8. The van der Waals surface area contributed by atoms with Crippen LogP contribution in [-0.2, 0) is 0 Å². The van der Waals surface area contributed by atoms with Gasteiger partial charge in [-0.25, -0.2) is 4.68 Å². The SMILES string of the molecule is COc1ccc(-c2c(C)c(-c3nnc(C)o3)nn2-c2ccc(C(=O)NCCC3=CCCCC3)cc2)cc1. The van der Waals surface area contributed by atoms with E-state index in [1.165, 1.54) is 18.4 Å². The van der Waals surface area contributed by atoms with Crippen molar-refractivity contribution < 1.29 is 13.9 Å². The van der Waals surface area contributed by atoms with E-state index in [4.69, 9.17) is 14.3 Å². The number of nitrogens with zero attached hydrogens (tertiary/aromatic N) is 4. The Bertz CT molecular complexity index is 1420. The van der Waals surface area contributed by atoms with Crippen LogP contribution in [0.2, 0.25) is 0 Å². The van der Waals surface area contributed by atoms with Gasteiger partial charge in [-0.1, -0.05) is 11.6 Å². The molecule has 2 aromatic heterocycles. The standard InChI is InChI=1S/C29H31N5O3/c1-19-26(29-32-31-20(2)37-29)33-34(27(19)22-11-15-25(36-3)16-12-22)24-13-9-23(10-14-24)28(35)30-18-17-21-7-5-4-6-8-21/h7,9-16H,4-6,8,17-18H2,1-3H3,(H,30,35). The Morgan fingerprint density at radius 1 is 1.05 bits per heavy atom. The topological polar surface area (TPSA) is 95.1 Å². The summed E-state index contributed by atoms with van der Waals surface area (Å²) in [6.07, 6.45) is 8.06. The largest absolute Gasteiger partial charge is 0.497 e. The van der Waals surface area contributed by atoms with E-state index >= 15 is 0 Å². The van der Waals surface area contributed by atoms with Gasteiger partial charge < -0.3 is 14.5 Å². The molecule has 8 nitrogen and oxygen atoms in total. The molecule has 4 aromatic rings. The zero-order valence-electron chi connectivity index (χ0n) is 21.5. The molecule has 0 radical (unpaired) electrons. The van der Waals surface area contributed by atoms with E-state index in [1.54, 1.807) is 14.0 Å². The summed E-state index contributed by atoms with van der Waals surface area (Å²) in [7, 11) is 1.64. The maximum absolute atomic E-state index is 12.7. The molecule has 0 spiro atoms. The summed E-state index contributed by atoms with van der Waals surface area (Å²) in [6, 6.07) is 15.3. The second-order valence-corrected chi connectivity index (χ2v) is 9.25. The van der Waals surface area contributed by atoms with E-state index in [0.29, 0.717) is 29.6 Å². The molecule has 0 saturated heterocycles. The molecule has 2 heterocycles. The molecule has 0 bridgehead atoms. The van der Waals surface area contributed by atoms with Crippen LogP contribution >= 0.6 is 0 Å². The van der Waals surface area contributed by atoms with Crippen molar-refractivity contribution in [2.45, 2.75) is 46.0 Å². The van der Waals surface area contributed by atoms with Crippen molar-refractivity contribution in [2.75, 3.05) is 13.7 Å². The molecule has 2 aromatic carbocycles. The molecule has 0 fully saturated rings. The van der Waals surface area contributed by atoms with Gasteiger partial charge in [-0.2, -0.15) is 5.10 Å². The van der Waals surface area contributed by atoms with Crippen LogP contribution in [0, 0.1) is 13.8 Å². The molecule has 1 amide bonds. The zero-order valence-corrected chi connectivity index (χ0v) is 21.5. The summed E-state index contributed by atoms with van der Waals surface area (Å²) in [4.78, 5) is 12.7. The Morgan fingerprint density at radius 2 is 1.84 bits per heavy atom. The van der Waals surface area contributed by atoms with Crippen LogP contribution in [0.5, 0.6) is 5.75 Å². The van der Waals surface area contributed by atoms with Crippen molar-refractivity contribution in [3.8, 4) is 34.3 Å². The molecule has 1 aliphatic carbocycles. The summed E-state index contributed by atoms with van der Waals surface area (Å²) in [6.45, 7) is 4.39. The van der Waals surface area contributed by atoms with Gasteiger partial charge in [0.2, 0.25) is 5.89 Å². The third-order valence-corrected chi connectivity index (χ3v) is 6.71. The van der Waals surface area contributed by atoms with E-state index in [2.05, 4.69) is 21.6 Å². The number of carbonyl (C=O) groups excluding carboxylic acids is 1. The van der Waals surface area contributed by atoms with E-state index in [-0.39, 0.29) is 5.91 Å². The van der Waals surface area contributed by atoms with E-state index in [1.807, 2.05) is 60.1 Å². The Kier molecular flexibility index (Phi) is 7.16. The average molecular weight is 498 g/mol. The van der Waals surface area contributed by atoms with Crippen molar-refractivity contribution >= 4 is 5.91 Å². The van der Waals surface area contributed by atoms with Gasteiger partial charge in [-0.05, 0) is 87.6 Å². The third-order valence-electron chi connectivity index (χ3n) is 6.71. The number of allylic oxidation sites excluding steroid dienone is 1. The molecular weight excluding hydrogens is 466 g/mol. The number of hydrogen-bond donors (Lipinski definition) is 1. The van der Waals surface area contributed by atoms with Crippen molar-refractivity contribution in [2.24, 2.45) is 0 Å². The van der Waals surface area contributed by atoms with Crippen LogP contribution in [0.25, 0.3) is 28.5 Å². The second kappa shape index (κ2) is 10.8. The van der Waals surface area contributed by atoms with Crippen LogP contribution in [0.1, 0.15) is 53.9 Å². The number of methoxy groups -OCH3 is 1. The Morgan fingerprint density at radius 3 is 2.49 bits per heavy atom. The average Bonchev–Trinajstić information content (AvgIpc) is 3.52. The maximum Gasteiger partial charge on any atom is 0.268 e. The highest BCUT2D eigenvalue weighted by molar-refractivity contribution is 5.94. The van der Waals surface area contributed by atoms with Crippen LogP contribution in [-0.4, -0.2) is 39.5 Å². The predicted octanol–water partition coefficient (Wildman–Crippen LogP) is 5.84. The van der Waals surface area contributed by atoms with Crippen LogP contribution < -0.4 is 10.1 Å². The number of aromatic nitrogens is 4. The molecule has 1 N–H and O–H groups in total. The number of rotatable bonds is 8.